The van der Waals surface area contributed by atoms with Gasteiger partial charge in [-0.2, -0.15) is 0 Å². The molecule has 0 aliphatic rings. The number of aliphatic hydroxyl groups excluding tert-OH is 1. The van der Waals surface area contributed by atoms with Gasteiger partial charge < -0.3 is 20.2 Å². The van der Waals surface area contributed by atoms with E-state index in [4.69, 9.17) is 4.42 Å². The number of benzene rings is 1. The van der Waals surface area contributed by atoms with E-state index in [-0.39, 0.29) is 12.6 Å². The number of aromatic nitrogens is 1. The van der Waals surface area contributed by atoms with Gasteiger partial charge in [-0.25, -0.2) is 9.78 Å². The molecule has 0 saturated heterocycles. The van der Waals surface area contributed by atoms with E-state index in [0.717, 1.165) is 0 Å². The summed E-state index contributed by atoms with van der Waals surface area (Å²) in [4.78, 5) is 16.3. The minimum atomic E-state index is -0.585. The second-order valence-electron chi connectivity index (χ2n) is 5.14. The maximum absolute atomic E-state index is 12.1. The molecule has 0 spiro atoms. The number of hydrogen-bond acceptors (Lipinski definition) is 4. The normalized spacial score (nSPS) is 11.6. The lowest BCUT2D eigenvalue weighted by atomic mass is 9.94. The summed E-state index contributed by atoms with van der Waals surface area (Å²) in [6.07, 6.45) is 1.32. The Balaban J connectivity index is 2.10. The molecule has 2 rings (SSSR count). The summed E-state index contributed by atoms with van der Waals surface area (Å²) in [5.74, 6) is 0.586. The van der Waals surface area contributed by atoms with Crippen LogP contribution in [0.3, 0.4) is 0 Å². The Morgan fingerprint density at radius 2 is 2.10 bits per heavy atom. The van der Waals surface area contributed by atoms with Gasteiger partial charge in [0.2, 0.25) is 0 Å². The predicted molar refractivity (Wildman–Crippen MR) is 81.3 cm³/mol. The van der Waals surface area contributed by atoms with E-state index in [9.17, 15) is 9.90 Å². The molecule has 0 fully saturated rings. The monoisotopic (exact) mass is 291 g/mol. The number of carbonyl (C=O) groups is 1. The molecule has 0 atom stereocenters. The molecule has 1 heterocycles. The van der Waals surface area contributed by atoms with Gasteiger partial charge in [0.25, 0.3) is 0 Å². The summed E-state index contributed by atoms with van der Waals surface area (Å²) in [6, 6.07) is 4.94. The number of carbonyl (C=O) groups excluding carboxylic acids is 1. The third-order valence-electron chi connectivity index (χ3n) is 3.79. The fraction of sp³-hybridized carbons (Fsp3) is 0.467. The van der Waals surface area contributed by atoms with E-state index in [1.807, 2.05) is 13.8 Å². The van der Waals surface area contributed by atoms with Gasteiger partial charge in [0.05, 0.1) is 12.1 Å². The van der Waals surface area contributed by atoms with E-state index in [2.05, 4.69) is 15.6 Å². The smallest absolute Gasteiger partial charge is 0.319 e. The molecule has 2 amide bonds. The van der Waals surface area contributed by atoms with Crippen molar-refractivity contribution in [3.63, 3.8) is 0 Å². The minimum absolute atomic E-state index is 0.0884. The highest BCUT2D eigenvalue weighted by atomic mass is 16.3. The largest absolute Gasteiger partial charge is 0.441 e. The van der Waals surface area contributed by atoms with E-state index in [0.29, 0.717) is 35.5 Å². The number of aryl methyl sites for hydroxylation is 1. The molecule has 3 N–H and O–H groups in total. The fourth-order valence-corrected chi connectivity index (χ4v) is 2.21. The number of nitrogens with zero attached hydrogens (tertiary/aromatic N) is 1. The number of amides is 2. The summed E-state index contributed by atoms with van der Waals surface area (Å²) in [6.45, 7) is 5.56. The van der Waals surface area contributed by atoms with Crippen LogP contribution in [0, 0.1) is 6.92 Å². The molecule has 1 aromatic carbocycles. The summed E-state index contributed by atoms with van der Waals surface area (Å²) in [5.41, 5.74) is 1.43. The van der Waals surface area contributed by atoms with Crippen LogP contribution in [0.4, 0.5) is 10.5 Å². The SMILES string of the molecule is CCC(CC)(CO)NC(=O)Nc1ccc2oc(C)nc2c1. The van der Waals surface area contributed by atoms with Gasteiger partial charge in [0, 0.05) is 12.6 Å². The lowest BCUT2D eigenvalue weighted by molar-refractivity contribution is 0.155. The van der Waals surface area contributed by atoms with Crippen LogP contribution in [0.15, 0.2) is 22.6 Å². The van der Waals surface area contributed by atoms with Gasteiger partial charge in [-0.1, -0.05) is 13.8 Å². The molecule has 2 aromatic rings. The van der Waals surface area contributed by atoms with Crippen LogP contribution in [0.25, 0.3) is 11.1 Å². The van der Waals surface area contributed by atoms with Crippen LogP contribution in [-0.2, 0) is 0 Å². The van der Waals surface area contributed by atoms with Crippen LogP contribution in [-0.4, -0.2) is 28.3 Å². The Labute approximate surface area is 123 Å². The summed E-state index contributed by atoms with van der Waals surface area (Å²) in [5, 5.41) is 15.1. The van der Waals surface area contributed by atoms with Gasteiger partial charge in [0.15, 0.2) is 11.5 Å². The van der Waals surface area contributed by atoms with Gasteiger partial charge in [0.1, 0.15) is 5.52 Å². The zero-order chi connectivity index (χ0) is 15.5. The highest BCUT2D eigenvalue weighted by Crippen LogP contribution is 2.20. The Morgan fingerprint density at radius 3 is 2.71 bits per heavy atom. The Bertz CT molecular complexity index is 624. The van der Waals surface area contributed by atoms with Crippen LogP contribution in [0.2, 0.25) is 0 Å². The third-order valence-corrected chi connectivity index (χ3v) is 3.79. The van der Waals surface area contributed by atoms with Crippen molar-refractivity contribution in [1.82, 2.24) is 10.3 Å². The number of hydrogen-bond donors (Lipinski definition) is 3. The van der Waals surface area contributed by atoms with Crippen LogP contribution >= 0.6 is 0 Å². The highest BCUT2D eigenvalue weighted by molar-refractivity contribution is 5.92. The van der Waals surface area contributed by atoms with Crippen LogP contribution < -0.4 is 10.6 Å². The molecule has 0 saturated carbocycles. The molecule has 6 heteroatoms. The second-order valence-corrected chi connectivity index (χ2v) is 5.14. The molecule has 114 valence electrons. The number of fused-ring (bicyclic) bond motifs is 1. The maximum atomic E-state index is 12.1. The third kappa shape index (κ3) is 3.33. The lowest BCUT2D eigenvalue weighted by Crippen LogP contribution is -2.51. The molecule has 0 bridgehead atoms. The lowest BCUT2D eigenvalue weighted by Gasteiger charge is -2.30. The Kier molecular flexibility index (Phi) is 4.47. The average molecular weight is 291 g/mol. The molecule has 0 radical (unpaired) electrons. The van der Waals surface area contributed by atoms with Crippen LogP contribution in [0.1, 0.15) is 32.6 Å². The first-order valence-corrected chi connectivity index (χ1v) is 7.09. The number of urea groups is 1. The summed E-state index contributed by atoms with van der Waals surface area (Å²) >= 11 is 0. The van der Waals surface area contributed by atoms with E-state index in [1.165, 1.54) is 0 Å². The number of rotatable bonds is 5. The minimum Gasteiger partial charge on any atom is -0.441 e. The van der Waals surface area contributed by atoms with Crippen molar-refractivity contribution < 1.29 is 14.3 Å². The number of anilines is 1. The van der Waals surface area contributed by atoms with Gasteiger partial charge in [-0.05, 0) is 31.0 Å². The van der Waals surface area contributed by atoms with Crippen molar-refractivity contribution in [3.05, 3.63) is 24.1 Å². The average Bonchev–Trinajstić information content (AvgIpc) is 2.84. The van der Waals surface area contributed by atoms with Crippen molar-refractivity contribution >= 4 is 22.8 Å². The van der Waals surface area contributed by atoms with Crippen LogP contribution in [0.5, 0.6) is 0 Å². The van der Waals surface area contributed by atoms with Crippen molar-refractivity contribution in [2.45, 2.75) is 39.2 Å². The van der Waals surface area contributed by atoms with Crippen molar-refractivity contribution in [1.29, 1.82) is 0 Å². The van der Waals surface area contributed by atoms with E-state index < -0.39 is 5.54 Å². The zero-order valence-corrected chi connectivity index (χ0v) is 12.6. The molecular weight excluding hydrogens is 270 g/mol. The van der Waals surface area contributed by atoms with Crippen molar-refractivity contribution in [3.8, 4) is 0 Å². The first-order valence-electron chi connectivity index (χ1n) is 7.09. The first kappa shape index (κ1) is 15.3. The molecule has 0 unspecified atom stereocenters. The highest BCUT2D eigenvalue weighted by Gasteiger charge is 2.27. The van der Waals surface area contributed by atoms with E-state index in [1.54, 1.807) is 25.1 Å². The second kappa shape index (κ2) is 6.13. The summed E-state index contributed by atoms with van der Waals surface area (Å²) < 4.78 is 5.39. The molecule has 0 aliphatic heterocycles. The summed E-state index contributed by atoms with van der Waals surface area (Å²) in [7, 11) is 0. The Hall–Kier alpha value is -2.08. The molecule has 0 aliphatic carbocycles. The zero-order valence-electron chi connectivity index (χ0n) is 12.6. The standard InChI is InChI=1S/C15H21N3O3/c1-4-15(5-2,9-19)18-14(20)17-11-6-7-13-12(8-11)16-10(3)21-13/h6-8,19H,4-5,9H2,1-3H3,(H2,17,18,20). The maximum Gasteiger partial charge on any atom is 0.319 e. The molecule has 6 nitrogen and oxygen atoms in total. The molecule has 21 heavy (non-hydrogen) atoms. The number of oxazole rings is 1. The Morgan fingerprint density at radius 1 is 1.38 bits per heavy atom. The van der Waals surface area contributed by atoms with Gasteiger partial charge in [-0.3, -0.25) is 0 Å². The quantitative estimate of drug-likeness (QED) is 0.790. The number of aliphatic hydroxyl groups is 1. The number of nitrogens with one attached hydrogen (secondary N) is 2. The van der Waals surface area contributed by atoms with Crippen molar-refractivity contribution in [2.75, 3.05) is 11.9 Å². The predicted octanol–water partition coefficient (Wildman–Crippen LogP) is 2.81. The van der Waals surface area contributed by atoms with Gasteiger partial charge in [-0.15, -0.1) is 0 Å². The van der Waals surface area contributed by atoms with Crippen molar-refractivity contribution in [2.24, 2.45) is 0 Å². The topological polar surface area (TPSA) is 87.4 Å². The fourth-order valence-electron chi connectivity index (χ4n) is 2.21. The molecular formula is C15H21N3O3. The van der Waals surface area contributed by atoms with Gasteiger partial charge >= 0.3 is 6.03 Å². The molecule has 1 aromatic heterocycles. The van der Waals surface area contributed by atoms with E-state index >= 15 is 0 Å². The first-order chi connectivity index (χ1) is 10.0.